The number of anilines is 1. The van der Waals surface area contributed by atoms with E-state index in [0.717, 1.165) is 32.1 Å². The number of likely N-dealkylation sites (N-methyl/N-ethyl adjacent to an activating group) is 1. The van der Waals surface area contributed by atoms with Crippen molar-refractivity contribution < 1.29 is 4.74 Å². The summed E-state index contributed by atoms with van der Waals surface area (Å²) in [6, 6.07) is 5.26. The number of rotatable bonds is 1. The first kappa shape index (κ1) is 11.0. The Morgan fingerprint density at radius 2 is 1.94 bits per heavy atom. The van der Waals surface area contributed by atoms with Crippen molar-refractivity contribution in [3.63, 3.8) is 0 Å². The first-order valence-corrected chi connectivity index (χ1v) is 6.21. The molecular formula is C13H19N3O. The molecule has 0 saturated carbocycles. The molecule has 3 rings (SSSR count). The fourth-order valence-electron chi connectivity index (χ4n) is 2.65. The van der Waals surface area contributed by atoms with Crippen molar-refractivity contribution >= 4 is 5.82 Å². The van der Waals surface area contributed by atoms with Gasteiger partial charge in [0.05, 0.1) is 25.3 Å². The minimum atomic E-state index is 0.505. The normalized spacial score (nSPS) is 29.4. The zero-order valence-corrected chi connectivity index (χ0v) is 10.5. The molecule has 2 aliphatic rings. The molecule has 92 valence electrons. The van der Waals surface area contributed by atoms with E-state index in [1.165, 1.54) is 5.56 Å². The lowest BCUT2D eigenvalue weighted by Crippen LogP contribution is -2.63. The van der Waals surface area contributed by atoms with Crippen molar-refractivity contribution in [2.24, 2.45) is 0 Å². The smallest absolute Gasteiger partial charge is 0.128 e. The summed E-state index contributed by atoms with van der Waals surface area (Å²) in [5, 5.41) is 0. The van der Waals surface area contributed by atoms with Crippen molar-refractivity contribution in [2.75, 3.05) is 38.3 Å². The number of fused-ring (bicyclic) bond motifs is 2. The van der Waals surface area contributed by atoms with E-state index < -0.39 is 0 Å². The van der Waals surface area contributed by atoms with Gasteiger partial charge in [0, 0.05) is 19.3 Å². The van der Waals surface area contributed by atoms with Gasteiger partial charge in [-0.2, -0.15) is 0 Å². The molecule has 4 nitrogen and oxygen atoms in total. The Bertz CT molecular complexity index is 378. The molecule has 0 aliphatic carbocycles. The molecule has 17 heavy (non-hydrogen) atoms. The molecule has 0 spiro atoms. The summed E-state index contributed by atoms with van der Waals surface area (Å²) in [7, 11) is 2.21. The Morgan fingerprint density at radius 3 is 2.53 bits per heavy atom. The van der Waals surface area contributed by atoms with Gasteiger partial charge in [0.15, 0.2) is 0 Å². The van der Waals surface area contributed by atoms with E-state index in [2.05, 4.69) is 40.9 Å². The maximum absolute atomic E-state index is 5.62. The third kappa shape index (κ3) is 2.03. The van der Waals surface area contributed by atoms with Crippen LogP contribution in [-0.4, -0.2) is 55.3 Å². The van der Waals surface area contributed by atoms with E-state index in [1.807, 2.05) is 6.20 Å². The third-order valence-corrected chi connectivity index (χ3v) is 3.85. The zero-order chi connectivity index (χ0) is 11.8. The number of piperazine rings is 1. The van der Waals surface area contributed by atoms with Crippen LogP contribution >= 0.6 is 0 Å². The van der Waals surface area contributed by atoms with Crippen LogP contribution in [0.3, 0.4) is 0 Å². The number of nitrogens with zero attached hydrogens (tertiary/aromatic N) is 3. The van der Waals surface area contributed by atoms with Gasteiger partial charge < -0.3 is 9.64 Å². The highest BCUT2D eigenvalue weighted by molar-refractivity contribution is 5.40. The highest BCUT2D eigenvalue weighted by atomic mass is 16.5. The van der Waals surface area contributed by atoms with E-state index in [1.54, 1.807) is 0 Å². The molecule has 0 radical (unpaired) electrons. The van der Waals surface area contributed by atoms with Gasteiger partial charge >= 0.3 is 0 Å². The molecule has 2 unspecified atom stereocenters. The standard InChI is InChI=1S/C13H19N3O/c1-10-3-4-13(14-5-10)16-6-11-8-17-9-12(7-16)15(11)2/h3-5,11-12H,6-9H2,1-2H3. The van der Waals surface area contributed by atoms with E-state index in [-0.39, 0.29) is 0 Å². The van der Waals surface area contributed by atoms with E-state index in [4.69, 9.17) is 4.74 Å². The van der Waals surface area contributed by atoms with Crippen molar-refractivity contribution in [1.29, 1.82) is 0 Å². The largest absolute Gasteiger partial charge is 0.378 e. The number of morpholine rings is 1. The second kappa shape index (κ2) is 4.27. The Morgan fingerprint density at radius 1 is 1.24 bits per heavy atom. The summed E-state index contributed by atoms with van der Waals surface area (Å²) in [4.78, 5) is 9.36. The topological polar surface area (TPSA) is 28.6 Å². The van der Waals surface area contributed by atoms with Crippen molar-refractivity contribution in [3.05, 3.63) is 23.9 Å². The number of ether oxygens (including phenoxy) is 1. The SMILES string of the molecule is Cc1ccc(N2CC3COCC(C2)N3C)nc1. The molecular weight excluding hydrogens is 214 g/mol. The van der Waals surface area contributed by atoms with Crippen LogP contribution in [-0.2, 0) is 4.74 Å². The summed E-state index contributed by atoms with van der Waals surface area (Å²) in [6.07, 6.45) is 1.94. The van der Waals surface area contributed by atoms with Crippen LogP contribution < -0.4 is 4.90 Å². The Balaban J connectivity index is 1.79. The lowest BCUT2D eigenvalue weighted by atomic mass is 10.1. The molecule has 2 fully saturated rings. The maximum Gasteiger partial charge on any atom is 0.128 e. The molecule has 2 saturated heterocycles. The summed E-state index contributed by atoms with van der Waals surface area (Å²) in [5.41, 5.74) is 1.21. The third-order valence-electron chi connectivity index (χ3n) is 3.85. The number of hydrogen-bond acceptors (Lipinski definition) is 4. The summed E-state index contributed by atoms with van der Waals surface area (Å²) >= 11 is 0. The minimum Gasteiger partial charge on any atom is -0.378 e. The van der Waals surface area contributed by atoms with Crippen LogP contribution in [0.25, 0.3) is 0 Å². The average molecular weight is 233 g/mol. The van der Waals surface area contributed by atoms with Gasteiger partial charge in [-0.25, -0.2) is 4.98 Å². The lowest BCUT2D eigenvalue weighted by Gasteiger charge is -2.48. The molecule has 1 aromatic heterocycles. The summed E-state index contributed by atoms with van der Waals surface area (Å²) < 4.78 is 5.62. The first-order valence-electron chi connectivity index (χ1n) is 6.21. The van der Waals surface area contributed by atoms with Gasteiger partial charge in [-0.15, -0.1) is 0 Å². The predicted molar refractivity (Wildman–Crippen MR) is 67.3 cm³/mol. The van der Waals surface area contributed by atoms with Crippen molar-refractivity contribution in [1.82, 2.24) is 9.88 Å². The van der Waals surface area contributed by atoms with Gasteiger partial charge in [-0.3, -0.25) is 4.90 Å². The van der Waals surface area contributed by atoms with Gasteiger partial charge in [0.2, 0.25) is 0 Å². The molecule has 3 heterocycles. The quantitative estimate of drug-likeness (QED) is 0.721. The zero-order valence-electron chi connectivity index (χ0n) is 10.5. The second-order valence-corrected chi connectivity index (χ2v) is 5.11. The number of aryl methyl sites for hydroxylation is 1. The molecule has 0 amide bonds. The average Bonchev–Trinajstić information content (AvgIpc) is 2.30. The summed E-state index contributed by atoms with van der Waals surface area (Å²) in [6.45, 7) is 5.79. The number of pyridine rings is 1. The number of aromatic nitrogens is 1. The molecule has 4 heteroatoms. The maximum atomic E-state index is 5.62. The van der Waals surface area contributed by atoms with Crippen LogP contribution in [0.5, 0.6) is 0 Å². The highest BCUT2D eigenvalue weighted by Crippen LogP contribution is 2.23. The fraction of sp³-hybridized carbons (Fsp3) is 0.615. The van der Waals surface area contributed by atoms with Crippen LogP contribution in [0.2, 0.25) is 0 Å². The molecule has 1 aromatic rings. The molecule has 2 aliphatic heterocycles. The van der Waals surface area contributed by atoms with E-state index in [9.17, 15) is 0 Å². The Hall–Kier alpha value is -1.13. The van der Waals surface area contributed by atoms with Gasteiger partial charge in [-0.1, -0.05) is 6.07 Å². The van der Waals surface area contributed by atoms with Crippen LogP contribution in [0.4, 0.5) is 5.82 Å². The van der Waals surface area contributed by atoms with Crippen LogP contribution in [0.15, 0.2) is 18.3 Å². The highest BCUT2D eigenvalue weighted by Gasteiger charge is 2.35. The molecule has 2 bridgehead atoms. The summed E-state index contributed by atoms with van der Waals surface area (Å²) in [5.74, 6) is 1.10. The van der Waals surface area contributed by atoms with Gasteiger partial charge in [0.25, 0.3) is 0 Å². The van der Waals surface area contributed by atoms with E-state index in [0.29, 0.717) is 12.1 Å². The van der Waals surface area contributed by atoms with Crippen LogP contribution in [0.1, 0.15) is 5.56 Å². The molecule has 2 atom stereocenters. The van der Waals surface area contributed by atoms with Crippen LogP contribution in [0, 0.1) is 6.92 Å². The molecule has 0 N–H and O–H groups in total. The molecule has 0 aromatic carbocycles. The second-order valence-electron chi connectivity index (χ2n) is 5.11. The van der Waals surface area contributed by atoms with E-state index >= 15 is 0 Å². The van der Waals surface area contributed by atoms with Gasteiger partial charge in [0.1, 0.15) is 5.82 Å². The van der Waals surface area contributed by atoms with Crippen molar-refractivity contribution in [2.45, 2.75) is 19.0 Å². The minimum absolute atomic E-state index is 0.505. The van der Waals surface area contributed by atoms with Crippen molar-refractivity contribution in [3.8, 4) is 0 Å². The fourth-order valence-corrected chi connectivity index (χ4v) is 2.65. The monoisotopic (exact) mass is 233 g/mol. The Kier molecular flexibility index (Phi) is 2.76. The Labute approximate surface area is 102 Å². The first-order chi connectivity index (χ1) is 8.24. The van der Waals surface area contributed by atoms with Gasteiger partial charge in [-0.05, 0) is 25.6 Å². The predicted octanol–water partition coefficient (Wildman–Crippen LogP) is 0.909. The number of hydrogen-bond donors (Lipinski definition) is 0. The lowest BCUT2D eigenvalue weighted by molar-refractivity contribution is -0.0441.